The van der Waals surface area contributed by atoms with E-state index < -0.39 is 6.10 Å². The lowest BCUT2D eigenvalue weighted by Crippen LogP contribution is -2.30. The van der Waals surface area contributed by atoms with E-state index in [-0.39, 0.29) is 5.91 Å². The fourth-order valence-electron chi connectivity index (χ4n) is 1.56. The van der Waals surface area contributed by atoms with Crippen LogP contribution in [0.5, 0.6) is 5.75 Å². The van der Waals surface area contributed by atoms with Crippen molar-refractivity contribution in [3.8, 4) is 11.8 Å². The van der Waals surface area contributed by atoms with Gasteiger partial charge in [0.25, 0.3) is 5.91 Å². The largest absolute Gasteiger partial charge is 0.480 e. The number of nitrogens with one attached hydrogen (secondary N) is 1. The fourth-order valence-corrected chi connectivity index (χ4v) is 1.56. The Morgan fingerprint density at radius 2 is 2.25 bits per heavy atom. The maximum absolute atomic E-state index is 11.9. The van der Waals surface area contributed by atoms with Gasteiger partial charge in [-0.25, -0.2) is 0 Å². The molecule has 0 unspecified atom stereocenters. The number of para-hydroxylation sites is 1. The molecule has 0 aliphatic heterocycles. The number of hydrogen-bond acceptors (Lipinski definition) is 5. The van der Waals surface area contributed by atoms with Crippen LogP contribution in [0.25, 0.3) is 0 Å². The average Bonchev–Trinajstić information content (AvgIpc) is 2.84. The van der Waals surface area contributed by atoms with Gasteiger partial charge in [-0.3, -0.25) is 4.79 Å². The molecule has 0 aliphatic rings. The molecule has 1 atom stereocenters. The van der Waals surface area contributed by atoms with Crippen LogP contribution in [0.2, 0.25) is 0 Å². The molecule has 0 aliphatic carbocycles. The molecular formula is C14H13N3O3. The third-order valence-electron chi connectivity index (χ3n) is 2.56. The summed E-state index contributed by atoms with van der Waals surface area (Å²) in [4.78, 5) is 11.9. The maximum Gasteiger partial charge on any atom is 0.266 e. The third kappa shape index (κ3) is 3.14. The molecule has 0 spiro atoms. The summed E-state index contributed by atoms with van der Waals surface area (Å²) in [5, 5.41) is 15.2. The summed E-state index contributed by atoms with van der Waals surface area (Å²) in [5.41, 5.74) is 0.379. The number of rotatable bonds is 4. The number of benzene rings is 1. The lowest BCUT2D eigenvalue weighted by molar-refractivity contribution is -0.122. The molecule has 20 heavy (non-hydrogen) atoms. The molecule has 1 aromatic carbocycles. The Morgan fingerprint density at radius 3 is 2.90 bits per heavy atom. The van der Waals surface area contributed by atoms with Crippen LogP contribution in [0.4, 0.5) is 5.82 Å². The number of anilines is 1. The van der Waals surface area contributed by atoms with Gasteiger partial charge >= 0.3 is 0 Å². The molecule has 1 N–H and O–H groups in total. The first-order valence-electron chi connectivity index (χ1n) is 6.00. The zero-order chi connectivity index (χ0) is 14.5. The van der Waals surface area contributed by atoms with Gasteiger partial charge < -0.3 is 14.6 Å². The van der Waals surface area contributed by atoms with E-state index in [0.717, 1.165) is 0 Å². The second kappa shape index (κ2) is 5.89. The van der Waals surface area contributed by atoms with Crippen molar-refractivity contribution < 1.29 is 14.1 Å². The summed E-state index contributed by atoms with van der Waals surface area (Å²) < 4.78 is 10.3. The van der Waals surface area contributed by atoms with Gasteiger partial charge in [0.15, 0.2) is 11.9 Å². The van der Waals surface area contributed by atoms with Crippen LogP contribution < -0.4 is 10.1 Å². The van der Waals surface area contributed by atoms with Gasteiger partial charge in [0.05, 0.1) is 5.56 Å². The number of aromatic nitrogens is 1. The summed E-state index contributed by atoms with van der Waals surface area (Å²) in [6.45, 7) is 3.32. The monoisotopic (exact) mass is 271 g/mol. The molecule has 1 heterocycles. The highest BCUT2D eigenvalue weighted by Gasteiger charge is 2.17. The molecule has 102 valence electrons. The van der Waals surface area contributed by atoms with Crippen molar-refractivity contribution in [2.75, 3.05) is 5.32 Å². The Labute approximate surface area is 115 Å². The number of amides is 1. The van der Waals surface area contributed by atoms with Crippen molar-refractivity contribution in [2.45, 2.75) is 20.0 Å². The zero-order valence-corrected chi connectivity index (χ0v) is 11.1. The first-order chi connectivity index (χ1) is 9.60. The minimum Gasteiger partial charge on any atom is -0.480 e. The Kier molecular flexibility index (Phi) is 4.01. The molecule has 6 nitrogen and oxygen atoms in total. The lowest BCUT2D eigenvalue weighted by atomic mass is 10.2. The Balaban J connectivity index is 2.02. The molecule has 1 aromatic heterocycles. The van der Waals surface area contributed by atoms with Crippen molar-refractivity contribution in [3.63, 3.8) is 0 Å². The molecule has 0 bridgehead atoms. The summed E-state index contributed by atoms with van der Waals surface area (Å²) in [7, 11) is 0. The average molecular weight is 271 g/mol. The molecule has 0 fully saturated rings. The maximum atomic E-state index is 11.9. The molecule has 0 saturated carbocycles. The topological polar surface area (TPSA) is 88.1 Å². The number of carbonyl (C=O) groups is 1. The van der Waals surface area contributed by atoms with Gasteiger partial charge in [-0.15, -0.1) is 0 Å². The highest BCUT2D eigenvalue weighted by molar-refractivity contribution is 5.93. The van der Waals surface area contributed by atoms with Gasteiger partial charge in [0, 0.05) is 6.07 Å². The van der Waals surface area contributed by atoms with E-state index in [4.69, 9.17) is 14.5 Å². The van der Waals surface area contributed by atoms with E-state index in [1.54, 1.807) is 44.2 Å². The van der Waals surface area contributed by atoms with Crippen LogP contribution >= 0.6 is 0 Å². The number of hydrogen-bond donors (Lipinski definition) is 1. The van der Waals surface area contributed by atoms with E-state index in [1.165, 1.54) is 0 Å². The van der Waals surface area contributed by atoms with Gasteiger partial charge in [0.2, 0.25) is 0 Å². The van der Waals surface area contributed by atoms with Crippen molar-refractivity contribution in [1.82, 2.24) is 5.16 Å². The molecule has 2 rings (SSSR count). The lowest BCUT2D eigenvalue weighted by Gasteiger charge is -2.14. The van der Waals surface area contributed by atoms with Gasteiger partial charge in [-0.1, -0.05) is 17.3 Å². The minimum absolute atomic E-state index is 0.330. The molecular weight excluding hydrogens is 258 g/mol. The molecule has 6 heteroatoms. The van der Waals surface area contributed by atoms with Crippen LogP contribution in [0.3, 0.4) is 0 Å². The number of nitriles is 1. The van der Waals surface area contributed by atoms with Gasteiger partial charge in [-0.2, -0.15) is 5.26 Å². The van der Waals surface area contributed by atoms with Gasteiger partial charge in [-0.05, 0) is 26.0 Å². The van der Waals surface area contributed by atoms with Crippen LogP contribution in [0, 0.1) is 18.3 Å². The highest BCUT2D eigenvalue weighted by atomic mass is 16.5. The number of carbonyl (C=O) groups excluding carboxylic acids is 1. The standard InChI is InChI=1S/C14H13N3O3/c1-9-7-13(17-20-9)16-14(18)10(2)19-12-6-4-3-5-11(12)8-15/h3-7,10H,1-2H3,(H,16,17,18)/t10-/m1/s1. The minimum atomic E-state index is -0.762. The Hall–Kier alpha value is -2.81. The van der Waals surface area contributed by atoms with E-state index in [9.17, 15) is 4.79 Å². The summed E-state index contributed by atoms with van der Waals surface area (Å²) >= 11 is 0. The van der Waals surface area contributed by atoms with Crippen molar-refractivity contribution in [3.05, 3.63) is 41.7 Å². The summed E-state index contributed by atoms with van der Waals surface area (Å²) in [5.74, 6) is 0.931. The predicted octanol–water partition coefficient (Wildman–Crippen LogP) is 2.26. The quantitative estimate of drug-likeness (QED) is 0.921. The first kappa shape index (κ1) is 13.6. The van der Waals surface area contributed by atoms with Crippen LogP contribution in [0.15, 0.2) is 34.9 Å². The zero-order valence-electron chi connectivity index (χ0n) is 11.1. The van der Waals surface area contributed by atoms with Crippen molar-refractivity contribution >= 4 is 11.7 Å². The SMILES string of the molecule is Cc1cc(NC(=O)[C@@H](C)Oc2ccccc2C#N)no1. The normalized spacial score (nSPS) is 11.4. The van der Waals surface area contributed by atoms with E-state index in [2.05, 4.69) is 10.5 Å². The number of aryl methyl sites for hydroxylation is 1. The second-order valence-corrected chi connectivity index (χ2v) is 4.18. The second-order valence-electron chi connectivity index (χ2n) is 4.18. The van der Waals surface area contributed by atoms with Crippen LogP contribution in [-0.4, -0.2) is 17.2 Å². The van der Waals surface area contributed by atoms with E-state index in [0.29, 0.717) is 22.9 Å². The number of nitrogens with zero attached hydrogens (tertiary/aromatic N) is 2. The fraction of sp³-hybridized carbons (Fsp3) is 0.214. The molecule has 1 amide bonds. The van der Waals surface area contributed by atoms with Crippen LogP contribution in [0.1, 0.15) is 18.2 Å². The Morgan fingerprint density at radius 1 is 1.50 bits per heavy atom. The molecule has 0 radical (unpaired) electrons. The van der Waals surface area contributed by atoms with Crippen molar-refractivity contribution in [1.29, 1.82) is 5.26 Å². The summed E-state index contributed by atoms with van der Waals surface area (Å²) in [6.07, 6.45) is -0.762. The van der Waals surface area contributed by atoms with Gasteiger partial charge in [0.1, 0.15) is 17.6 Å². The third-order valence-corrected chi connectivity index (χ3v) is 2.56. The highest BCUT2D eigenvalue weighted by Crippen LogP contribution is 2.18. The van der Waals surface area contributed by atoms with Crippen LogP contribution in [-0.2, 0) is 4.79 Å². The van der Waals surface area contributed by atoms with Crippen molar-refractivity contribution in [2.24, 2.45) is 0 Å². The summed E-state index contributed by atoms with van der Waals surface area (Å²) in [6, 6.07) is 10.3. The van der Waals surface area contributed by atoms with E-state index in [1.807, 2.05) is 6.07 Å². The first-order valence-corrected chi connectivity index (χ1v) is 6.00. The van der Waals surface area contributed by atoms with E-state index >= 15 is 0 Å². The molecule has 0 saturated heterocycles. The Bertz CT molecular complexity index is 658. The molecule has 2 aromatic rings. The predicted molar refractivity (Wildman–Crippen MR) is 71.1 cm³/mol. The number of ether oxygens (including phenoxy) is 1. The smallest absolute Gasteiger partial charge is 0.266 e.